The second-order valence-electron chi connectivity index (χ2n) is 7.41. The van der Waals surface area contributed by atoms with E-state index in [1.165, 1.54) is 27.0 Å². The van der Waals surface area contributed by atoms with Crippen molar-refractivity contribution in [2.75, 3.05) is 0 Å². The Morgan fingerprint density at radius 3 is 1.45 bits per heavy atom. The lowest BCUT2D eigenvalue weighted by atomic mass is 9.82. The lowest BCUT2D eigenvalue weighted by molar-refractivity contribution is -0.697. The topological polar surface area (TPSA) is 20.1 Å². The van der Waals surface area contributed by atoms with Crippen molar-refractivity contribution in [2.24, 2.45) is 0 Å². The summed E-state index contributed by atoms with van der Waals surface area (Å²) >= 11 is 0. The van der Waals surface area contributed by atoms with Gasteiger partial charge in [0.05, 0.1) is 0 Å². The normalized spacial score (nSPS) is 18.4. The zero-order chi connectivity index (χ0) is 16.3. The number of benzene rings is 2. The standard InChI is InChI=1S/C20H24NO/c1-13-9-7-11-15-17(13)18-14(2)10-8-12-16(18)20(5,6)21(22)19(15,3)4/h7-12H,1-6H3/q+1. The predicted octanol–water partition coefficient (Wildman–Crippen LogP) is 5.23. The molecule has 0 bridgehead atoms. The van der Waals surface area contributed by atoms with Crippen LogP contribution in [-0.2, 0) is 11.1 Å². The van der Waals surface area contributed by atoms with Gasteiger partial charge in [-0.05, 0) is 36.1 Å². The number of hydrogen-bond acceptors (Lipinski definition) is 1. The maximum Gasteiger partial charge on any atom is 0.231 e. The Balaban J connectivity index is 2.56. The van der Waals surface area contributed by atoms with Gasteiger partial charge in [-0.3, -0.25) is 0 Å². The number of nitrogens with zero attached hydrogens (tertiary/aromatic N) is 1. The molecule has 0 aromatic heterocycles. The van der Waals surface area contributed by atoms with E-state index in [0.29, 0.717) is 0 Å². The van der Waals surface area contributed by atoms with Crippen LogP contribution in [0.2, 0.25) is 0 Å². The molecule has 0 saturated carbocycles. The van der Waals surface area contributed by atoms with Crippen molar-refractivity contribution in [3.8, 4) is 11.1 Å². The third-order valence-corrected chi connectivity index (χ3v) is 5.13. The summed E-state index contributed by atoms with van der Waals surface area (Å²) in [6, 6.07) is 12.6. The van der Waals surface area contributed by atoms with Gasteiger partial charge in [0.1, 0.15) is 0 Å². The second kappa shape index (κ2) is 4.52. The Morgan fingerprint density at radius 2 is 1.09 bits per heavy atom. The molecule has 0 atom stereocenters. The molecule has 2 aromatic rings. The largest absolute Gasteiger partial charge is 0.231 e. The van der Waals surface area contributed by atoms with Crippen LogP contribution in [0, 0.1) is 18.8 Å². The van der Waals surface area contributed by atoms with Crippen LogP contribution in [0.15, 0.2) is 36.4 Å². The molecule has 1 heterocycles. The van der Waals surface area contributed by atoms with Crippen molar-refractivity contribution in [2.45, 2.75) is 52.6 Å². The molecule has 2 heteroatoms. The van der Waals surface area contributed by atoms with E-state index >= 15 is 0 Å². The first-order valence-corrected chi connectivity index (χ1v) is 7.87. The summed E-state index contributed by atoms with van der Waals surface area (Å²) in [6.07, 6.45) is 0. The van der Waals surface area contributed by atoms with E-state index in [9.17, 15) is 4.91 Å². The summed E-state index contributed by atoms with van der Waals surface area (Å²) < 4.78 is 1.27. The van der Waals surface area contributed by atoms with Crippen molar-refractivity contribution in [1.82, 2.24) is 0 Å². The van der Waals surface area contributed by atoms with E-state index in [1.807, 2.05) is 27.7 Å². The maximum absolute atomic E-state index is 13.3. The summed E-state index contributed by atoms with van der Waals surface area (Å²) in [6.45, 7) is 12.4. The molecule has 0 N–H and O–H groups in total. The molecule has 22 heavy (non-hydrogen) atoms. The van der Waals surface area contributed by atoms with Crippen molar-refractivity contribution >= 4 is 0 Å². The minimum absolute atomic E-state index is 0.573. The molecular weight excluding hydrogens is 270 g/mol. The molecule has 0 saturated heterocycles. The molecule has 0 amide bonds. The molecule has 0 unspecified atom stereocenters. The molecular formula is C20H24NO+. The highest BCUT2D eigenvalue weighted by Crippen LogP contribution is 2.48. The number of fused-ring (bicyclic) bond motifs is 3. The lowest BCUT2D eigenvalue weighted by Gasteiger charge is -2.24. The van der Waals surface area contributed by atoms with Gasteiger partial charge in [-0.25, -0.2) is 0 Å². The third kappa shape index (κ3) is 1.79. The van der Waals surface area contributed by atoms with Crippen molar-refractivity contribution in [3.63, 3.8) is 0 Å². The van der Waals surface area contributed by atoms with Gasteiger partial charge < -0.3 is 0 Å². The molecule has 1 aliphatic heterocycles. The number of nitroso groups, excluding NO2 is 1. The highest BCUT2D eigenvalue weighted by molar-refractivity contribution is 5.78. The predicted molar refractivity (Wildman–Crippen MR) is 91.0 cm³/mol. The van der Waals surface area contributed by atoms with Crippen LogP contribution in [0.3, 0.4) is 0 Å². The van der Waals surface area contributed by atoms with Crippen LogP contribution in [0.4, 0.5) is 0 Å². The Kier molecular flexibility index (Phi) is 3.07. The van der Waals surface area contributed by atoms with E-state index in [0.717, 1.165) is 11.1 Å². The molecule has 1 aliphatic rings. The Labute approximate surface area is 132 Å². The van der Waals surface area contributed by atoms with E-state index in [-0.39, 0.29) is 0 Å². The summed E-state index contributed by atoms with van der Waals surface area (Å²) in [7, 11) is 0. The van der Waals surface area contributed by atoms with Gasteiger partial charge in [-0.2, -0.15) is 0 Å². The van der Waals surface area contributed by atoms with Crippen molar-refractivity contribution in [1.29, 1.82) is 0 Å². The summed E-state index contributed by atoms with van der Waals surface area (Å²) in [4.78, 5) is 13.3. The molecule has 2 aromatic carbocycles. The van der Waals surface area contributed by atoms with Gasteiger partial charge in [0.25, 0.3) is 0 Å². The highest BCUT2D eigenvalue weighted by Gasteiger charge is 2.53. The Morgan fingerprint density at radius 1 is 0.727 bits per heavy atom. The van der Waals surface area contributed by atoms with E-state index < -0.39 is 11.1 Å². The fraction of sp³-hybridized carbons (Fsp3) is 0.400. The van der Waals surface area contributed by atoms with Crippen LogP contribution >= 0.6 is 0 Å². The van der Waals surface area contributed by atoms with Gasteiger partial charge in [-0.15, -0.1) is 0 Å². The first-order valence-electron chi connectivity index (χ1n) is 7.87. The van der Waals surface area contributed by atoms with Crippen molar-refractivity contribution < 1.29 is 4.76 Å². The second-order valence-corrected chi connectivity index (χ2v) is 7.41. The highest BCUT2D eigenvalue weighted by atomic mass is 16.3. The van der Waals surface area contributed by atoms with Gasteiger partial charge in [0.15, 0.2) is 0 Å². The SMILES string of the molecule is Cc1cccc2c1-c1c(C)cccc1C(C)(C)[N+](=O)C2(C)C. The van der Waals surface area contributed by atoms with Crippen molar-refractivity contribution in [3.05, 3.63) is 63.6 Å². The number of aryl methyl sites for hydroxylation is 2. The van der Waals surface area contributed by atoms with E-state index in [2.05, 4.69) is 50.2 Å². The number of hydrogen-bond donors (Lipinski definition) is 0. The summed E-state index contributed by atoms with van der Waals surface area (Å²) in [5.74, 6) is 0. The minimum atomic E-state index is -0.573. The van der Waals surface area contributed by atoms with Crippen LogP contribution in [0.5, 0.6) is 0 Å². The molecule has 0 fully saturated rings. The lowest BCUT2D eigenvalue weighted by Crippen LogP contribution is -2.42. The molecule has 2 nitrogen and oxygen atoms in total. The fourth-order valence-corrected chi connectivity index (χ4v) is 3.94. The molecule has 0 aliphatic carbocycles. The Hall–Kier alpha value is -1.96. The zero-order valence-corrected chi connectivity index (χ0v) is 14.3. The van der Waals surface area contributed by atoms with Crippen LogP contribution < -0.4 is 0 Å². The summed E-state index contributed by atoms with van der Waals surface area (Å²) in [5.41, 5.74) is 6.00. The number of rotatable bonds is 0. The smallest absolute Gasteiger partial charge is 0.0614 e. The van der Waals surface area contributed by atoms with Crippen LogP contribution in [0.1, 0.15) is 49.9 Å². The van der Waals surface area contributed by atoms with E-state index in [4.69, 9.17) is 0 Å². The maximum atomic E-state index is 13.3. The quantitative estimate of drug-likeness (QED) is 0.609. The van der Waals surface area contributed by atoms with Crippen LogP contribution in [0.25, 0.3) is 11.1 Å². The molecule has 0 spiro atoms. The summed E-state index contributed by atoms with van der Waals surface area (Å²) in [5, 5.41) is 0. The minimum Gasteiger partial charge on any atom is -0.0614 e. The van der Waals surface area contributed by atoms with Gasteiger partial charge in [0, 0.05) is 48.5 Å². The van der Waals surface area contributed by atoms with Gasteiger partial charge >= 0.3 is 0 Å². The average Bonchev–Trinajstić information content (AvgIpc) is 2.50. The first kappa shape index (κ1) is 15.0. The third-order valence-electron chi connectivity index (χ3n) is 5.13. The molecule has 0 radical (unpaired) electrons. The van der Waals surface area contributed by atoms with E-state index in [1.54, 1.807) is 0 Å². The van der Waals surface area contributed by atoms with Gasteiger partial charge in [0.2, 0.25) is 11.1 Å². The Bertz CT molecular complexity index is 719. The fourth-order valence-electron chi connectivity index (χ4n) is 3.94. The van der Waals surface area contributed by atoms with Gasteiger partial charge in [-0.1, -0.05) is 36.4 Å². The zero-order valence-electron chi connectivity index (χ0n) is 14.3. The molecule has 114 valence electrons. The first-order chi connectivity index (χ1) is 10.2. The average molecular weight is 294 g/mol. The monoisotopic (exact) mass is 294 g/mol. The molecule has 3 rings (SSSR count). The van der Waals surface area contributed by atoms with Crippen LogP contribution in [-0.4, -0.2) is 4.76 Å².